The summed E-state index contributed by atoms with van der Waals surface area (Å²) >= 11 is 0. The van der Waals surface area contributed by atoms with Gasteiger partial charge in [0.2, 0.25) is 11.8 Å². The van der Waals surface area contributed by atoms with Crippen LogP contribution in [0.3, 0.4) is 0 Å². The van der Waals surface area contributed by atoms with Gasteiger partial charge in [0.1, 0.15) is 6.04 Å². The predicted molar refractivity (Wildman–Crippen MR) is 83.7 cm³/mol. The lowest BCUT2D eigenvalue weighted by atomic mass is 10.2. The van der Waals surface area contributed by atoms with Crippen LogP contribution in [0.4, 0.5) is 11.4 Å². The minimum atomic E-state index is -0.375. The van der Waals surface area contributed by atoms with E-state index in [0.29, 0.717) is 5.88 Å². The highest BCUT2D eigenvalue weighted by Gasteiger charge is 2.13. The summed E-state index contributed by atoms with van der Waals surface area (Å²) in [6, 6.07) is 10.9. The summed E-state index contributed by atoms with van der Waals surface area (Å²) in [5.41, 5.74) is 2.62. The molecule has 110 valence electrons. The molecule has 0 aliphatic rings. The predicted octanol–water partition coefficient (Wildman–Crippen LogP) is 2.84. The maximum atomic E-state index is 12.2. The summed E-state index contributed by atoms with van der Waals surface area (Å²) < 4.78 is 5.00. The van der Waals surface area contributed by atoms with Crippen molar-refractivity contribution in [1.82, 2.24) is 4.98 Å². The smallest absolute Gasteiger partial charge is 0.246 e. The van der Waals surface area contributed by atoms with Crippen LogP contribution in [-0.4, -0.2) is 24.0 Å². The zero-order valence-electron chi connectivity index (χ0n) is 12.4. The molecule has 1 amide bonds. The molecule has 0 aliphatic heterocycles. The average molecular weight is 285 g/mol. The SMILES string of the molecule is COc1ccc(NC(C)C(=O)Nc2ccccc2C)cn1. The number of carbonyl (C=O) groups is 1. The Bertz CT molecular complexity index is 611. The molecular formula is C16H19N3O2. The quantitative estimate of drug-likeness (QED) is 0.886. The third-order valence-corrected chi connectivity index (χ3v) is 3.12. The van der Waals surface area contributed by atoms with Crippen molar-refractivity contribution >= 4 is 17.3 Å². The third-order valence-electron chi connectivity index (χ3n) is 3.12. The van der Waals surface area contributed by atoms with Crippen LogP contribution in [0.5, 0.6) is 5.88 Å². The molecular weight excluding hydrogens is 266 g/mol. The number of methoxy groups -OCH3 is 1. The van der Waals surface area contributed by atoms with Crippen LogP contribution in [0.25, 0.3) is 0 Å². The standard InChI is InChI=1S/C16H19N3O2/c1-11-6-4-5-7-14(11)19-16(20)12(2)18-13-8-9-15(21-3)17-10-13/h4-10,12,18H,1-3H3,(H,19,20). The molecule has 0 radical (unpaired) electrons. The third kappa shape index (κ3) is 3.95. The van der Waals surface area contributed by atoms with Crippen LogP contribution >= 0.6 is 0 Å². The Hall–Kier alpha value is -2.56. The van der Waals surface area contributed by atoms with Gasteiger partial charge in [-0.25, -0.2) is 4.98 Å². The fourth-order valence-corrected chi connectivity index (χ4v) is 1.86. The highest BCUT2D eigenvalue weighted by atomic mass is 16.5. The number of pyridine rings is 1. The molecule has 1 aromatic carbocycles. The summed E-state index contributed by atoms with van der Waals surface area (Å²) in [5.74, 6) is 0.442. The molecule has 2 N–H and O–H groups in total. The van der Waals surface area contributed by atoms with Crippen molar-refractivity contribution in [3.63, 3.8) is 0 Å². The zero-order valence-corrected chi connectivity index (χ0v) is 12.4. The van der Waals surface area contributed by atoms with Crippen LogP contribution in [0.1, 0.15) is 12.5 Å². The van der Waals surface area contributed by atoms with E-state index < -0.39 is 0 Å². The van der Waals surface area contributed by atoms with Crippen LogP contribution in [-0.2, 0) is 4.79 Å². The Kier molecular flexibility index (Phi) is 4.77. The molecule has 0 saturated heterocycles. The van der Waals surface area contributed by atoms with Gasteiger partial charge in [0, 0.05) is 11.8 Å². The average Bonchev–Trinajstić information content (AvgIpc) is 2.50. The molecule has 0 fully saturated rings. The maximum absolute atomic E-state index is 12.2. The first-order valence-corrected chi connectivity index (χ1v) is 6.73. The van der Waals surface area contributed by atoms with E-state index in [2.05, 4.69) is 15.6 Å². The number of hydrogen-bond donors (Lipinski definition) is 2. The number of benzene rings is 1. The highest BCUT2D eigenvalue weighted by Crippen LogP contribution is 2.15. The Labute approximate surface area is 124 Å². The minimum Gasteiger partial charge on any atom is -0.481 e. The first-order valence-electron chi connectivity index (χ1n) is 6.73. The molecule has 2 rings (SSSR count). The monoisotopic (exact) mass is 285 g/mol. The second-order valence-electron chi connectivity index (χ2n) is 4.76. The lowest BCUT2D eigenvalue weighted by Crippen LogP contribution is -2.32. The van der Waals surface area contributed by atoms with Gasteiger partial charge in [0.15, 0.2) is 0 Å². The molecule has 5 heteroatoms. The number of rotatable bonds is 5. The largest absolute Gasteiger partial charge is 0.481 e. The van der Waals surface area contributed by atoms with Gasteiger partial charge in [-0.3, -0.25) is 4.79 Å². The van der Waals surface area contributed by atoms with Crippen molar-refractivity contribution < 1.29 is 9.53 Å². The van der Waals surface area contributed by atoms with Crippen molar-refractivity contribution in [2.75, 3.05) is 17.7 Å². The van der Waals surface area contributed by atoms with Gasteiger partial charge in [-0.05, 0) is 31.5 Å². The molecule has 0 spiro atoms. The lowest BCUT2D eigenvalue weighted by Gasteiger charge is -2.16. The van der Waals surface area contributed by atoms with Gasteiger partial charge in [0.25, 0.3) is 0 Å². The second-order valence-corrected chi connectivity index (χ2v) is 4.76. The Morgan fingerprint density at radius 3 is 2.62 bits per heavy atom. The summed E-state index contributed by atoms with van der Waals surface area (Å²) in [6.07, 6.45) is 1.64. The second kappa shape index (κ2) is 6.74. The zero-order chi connectivity index (χ0) is 15.2. The highest BCUT2D eigenvalue weighted by molar-refractivity contribution is 5.96. The molecule has 0 saturated carbocycles. The number of ether oxygens (including phenoxy) is 1. The lowest BCUT2D eigenvalue weighted by molar-refractivity contribution is -0.116. The van der Waals surface area contributed by atoms with E-state index >= 15 is 0 Å². The van der Waals surface area contributed by atoms with Crippen LogP contribution in [0, 0.1) is 6.92 Å². The van der Waals surface area contributed by atoms with Crippen LogP contribution in [0.15, 0.2) is 42.6 Å². The first kappa shape index (κ1) is 14.8. The van der Waals surface area contributed by atoms with Gasteiger partial charge in [-0.1, -0.05) is 18.2 Å². The number of nitrogens with one attached hydrogen (secondary N) is 2. The fraction of sp³-hybridized carbons (Fsp3) is 0.250. The van der Waals surface area contributed by atoms with E-state index in [-0.39, 0.29) is 11.9 Å². The number of amides is 1. The first-order chi connectivity index (χ1) is 10.1. The number of aromatic nitrogens is 1. The molecule has 5 nitrogen and oxygen atoms in total. The minimum absolute atomic E-state index is 0.0971. The molecule has 1 heterocycles. The number of nitrogens with zero attached hydrogens (tertiary/aromatic N) is 1. The van der Waals surface area contributed by atoms with Crippen LogP contribution < -0.4 is 15.4 Å². The van der Waals surface area contributed by atoms with Crippen molar-refractivity contribution in [2.24, 2.45) is 0 Å². The van der Waals surface area contributed by atoms with Crippen molar-refractivity contribution in [3.05, 3.63) is 48.2 Å². The summed E-state index contributed by atoms with van der Waals surface area (Å²) in [4.78, 5) is 16.3. The molecule has 2 aromatic rings. The molecule has 1 unspecified atom stereocenters. The summed E-state index contributed by atoms with van der Waals surface area (Å²) in [6.45, 7) is 3.76. The van der Waals surface area contributed by atoms with Gasteiger partial charge in [0.05, 0.1) is 19.0 Å². The topological polar surface area (TPSA) is 63.2 Å². The summed E-state index contributed by atoms with van der Waals surface area (Å²) in [7, 11) is 1.56. The molecule has 0 aliphatic carbocycles. The Morgan fingerprint density at radius 1 is 1.24 bits per heavy atom. The maximum Gasteiger partial charge on any atom is 0.246 e. The van der Waals surface area contributed by atoms with E-state index in [9.17, 15) is 4.79 Å². The molecule has 0 bridgehead atoms. The van der Waals surface area contributed by atoms with Gasteiger partial charge < -0.3 is 15.4 Å². The normalized spacial score (nSPS) is 11.6. The molecule has 21 heavy (non-hydrogen) atoms. The van der Waals surface area contributed by atoms with E-state index in [1.807, 2.05) is 37.3 Å². The van der Waals surface area contributed by atoms with Gasteiger partial charge in [-0.2, -0.15) is 0 Å². The number of para-hydroxylation sites is 1. The van der Waals surface area contributed by atoms with Gasteiger partial charge >= 0.3 is 0 Å². The fourth-order valence-electron chi connectivity index (χ4n) is 1.86. The number of carbonyl (C=O) groups excluding carboxylic acids is 1. The molecule has 1 aromatic heterocycles. The number of aryl methyl sites for hydroxylation is 1. The van der Waals surface area contributed by atoms with Crippen LogP contribution in [0.2, 0.25) is 0 Å². The van der Waals surface area contributed by atoms with E-state index in [1.54, 1.807) is 26.3 Å². The number of anilines is 2. The van der Waals surface area contributed by atoms with E-state index in [1.165, 1.54) is 0 Å². The Morgan fingerprint density at radius 2 is 2.00 bits per heavy atom. The van der Waals surface area contributed by atoms with Gasteiger partial charge in [-0.15, -0.1) is 0 Å². The Balaban J connectivity index is 1.97. The molecule has 1 atom stereocenters. The van der Waals surface area contributed by atoms with Crippen molar-refractivity contribution in [2.45, 2.75) is 19.9 Å². The van der Waals surface area contributed by atoms with E-state index in [0.717, 1.165) is 16.9 Å². The van der Waals surface area contributed by atoms with E-state index in [4.69, 9.17) is 4.74 Å². The van der Waals surface area contributed by atoms with Crippen molar-refractivity contribution in [3.8, 4) is 5.88 Å². The number of hydrogen-bond acceptors (Lipinski definition) is 4. The summed E-state index contributed by atoms with van der Waals surface area (Å²) in [5, 5.41) is 6.01. The van der Waals surface area contributed by atoms with Crippen molar-refractivity contribution in [1.29, 1.82) is 0 Å².